The molecule has 0 saturated heterocycles. The van der Waals surface area contributed by atoms with E-state index in [2.05, 4.69) is 52.0 Å². The summed E-state index contributed by atoms with van der Waals surface area (Å²) in [5.41, 5.74) is 0.978. The number of benzene rings is 1. The van der Waals surface area contributed by atoms with Crippen molar-refractivity contribution in [1.29, 1.82) is 0 Å². The summed E-state index contributed by atoms with van der Waals surface area (Å²) in [5.74, 6) is 0.863. The maximum absolute atomic E-state index is 11.6. The molecule has 1 aromatic rings. The average Bonchev–Trinajstić information content (AvgIpc) is 2.35. The molecule has 0 atom stereocenters. The highest BCUT2D eigenvalue weighted by atomic mass is 16.6. The Hall–Kier alpha value is -1.31. The average molecular weight is 290 g/mol. The minimum Gasteiger partial charge on any atom is -0.459 e. The van der Waals surface area contributed by atoms with E-state index in [4.69, 9.17) is 4.74 Å². The second-order valence-electron chi connectivity index (χ2n) is 6.96. The molecule has 2 nitrogen and oxygen atoms in total. The standard InChI is InChI=1S/C19H30O2/c1-15(2)13-19(14-16(3)4,21-17(5)20)12-11-18-9-7-6-8-10-18/h6-10,15-16H,11-14H2,1-5H3. The van der Waals surface area contributed by atoms with Crippen molar-refractivity contribution in [2.75, 3.05) is 0 Å². The van der Waals surface area contributed by atoms with E-state index < -0.39 is 0 Å². The molecular weight excluding hydrogens is 260 g/mol. The summed E-state index contributed by atoms with van der Waals surface area (Å²) in [6, 6.07) is 10.4. The molecule has 0 heterocycles. The van der Waals surface area contributed by atoms with E-state index in [1.807, 2.05) is 6.07 Å². The number of carbonyl (C=O) groups is 1. The molecule has 0 N–H and O–H groups in total. The van der Waals surface area contributed by atoms with Gasteiger partial charge in [-0.05, 0) is 43.1 Å². The number of hydrogen-bond acceptors (Lipinski definition) is 2. The van der Waals surface area contributed by atoms with Crippen LogP contribution >= 0.6 is 0 Å². The van der Waals surface area contributed by atoms with Gasteiger partial charge in [-0.15, -0.1) is 0 Å². The molecule has 0 amide bonds. The molecule has 0 spiro atoms. The molecule has 0 bridgehead atoms. The first kappa shape index (κ1) is 17.7. The van der Waals surface area contributed by atoms with E-state index in [1.54, 1.807) is 0 Å². The van der Waals surface area contributed by atoms with Gasteiger partial charge in [0.25, 0.3) is 0 Å². The largest absolute Gasteiger partial charge is 0.459 e. The highest BCUT2D eigenvalue weighted by Gasteiger charge is 2.34. The molecular formula is C19H30O2. The molecule has 2 heteroatoms. The molecule has 0 saturated carbocycles. The summed E-state index contributed by atoms with van der Waals surface area (Å²) in [6.07, 6.45) is 3.70. The summed E-state index contributed by atoms with van der Waals surface area (Å²) in [5, 5.41) is 0. The molecule has 21 heavy (non-hydrogen) atoms. The van der Waals surface area contributed by atoms with Crippen LogP contribution < -0.4 is 0 Å². The van der Waals surface area contributed by atoms with Crippen molar-refractivity contribution in [3.63, 3.8) is 0 Å². The summed E-state index contributed by atoms with van der Waals surface area (Å²) in [7, 11) is 0. The van der Waals surface area contributed by atoms with Crippen LogP contribution in [0.3, 0.4) is 0 Å². The van der Waals surface area contributed by atoms with Crippen LogP contribution in [-0.4, -0.2) is 11.6 Å². The van der Waals surface area contributed by atoms with Crippen LogP contribution in [0.5, 0.6) is 0 Å². The smallest absolute Gasteiger partial charge is 0.303 e. The Morgan fingerprint density at radius 2 is 1.57 bits per heavy atom. The van der Waals surface area contributed by atoms with Crippen molar-refractivity contribution in [3.05, 3.63) is 35.9 Å². The van der Waals surface area contributed by atoms with Crippen molar-refractivity contribution in [1.82, 2.24) is 0 Å². The van der Waals surface area contributed by atoms with Crippen LogP contribution in [0.15, 0.2) is 30.3 Å². The van der Waals surface area contributed by atoms with Gasteiger partial charge in [-0.1, -0.05) is 58.0 Å². The van der Waals surface area contributed by atoms with Crippen LogP contribution in [0, 0.1) is 11.8 Å². The topological polar surface area (TPSA) is 26.3 Å². The fourth-order valence-electron chi connectivity index (χ4n) is 3.23. The highest BCUT2D eigenvalue weighted by molar-refractivity contribution is 5.66. The minimum atomic E-state index is -0.329. The lowest BCUT2D eigenvalue weighted by atomic mass is 9.80. The van der Waals surface area contributed by atoms with Crippen LogP contribution in [-0.2, 0) is 16.0 Å². The number of esters is 1. The Balaban J connectivity index is 2.88. The zero-order valence-corrected chi connectivity index (χ0v) is 14.2. The van der Waals surface area contributed by atoms with Crippen LogP contribution in [0.4, 0.5) is 0 Å². The summed E-state index contributed by atoms with van der Waals surface area (Å²) < 4.78 is 5.84. The summed E-state index contributed by atoms with van der Waals surface area (Å²) >= 11 is 0. The first-order valence-electron chi connectivity index (χ1n) is 8.06. The molecule has 0 aliphatic carbocycles. The molecule has 118 valence electrons. The minimum absolute atomic E-state index is 0.163. The zero-order chi connectivity index (χ0) is 15.9. The van der Waals surface area contributed by atoms with E-state index >= 15 is 0 Å². The van der Waals surface area contributed by atoms with Crippen molar-refractivity contribution >= 4 is 5.97 Å². The Kier molecular flexibility index (Phi) is 6.94. The SMILES string of the molecule is CC(=O)OC(CCc1ccccc1)(CC(C)C)CC(C)C. The normalized spacial score (nSPS) is 12.0. The molecule has 1 rings (SSSR count). The molecule has 1 aromatic carbocycles. The molecule has 0 aliphatic heterocycles. The van der Waals surface area contributed by atoms with E-state index in [9.17, 15) is 4.79 Å². The Bertz CT molecular complexity index is 410. The summed E-state index contributed by atoms with van der Waals surface area (Å²) in [4.78, 5) is 11.6. The maximum atomic E-state index is 11.6. The van der Waals surface area contributed by atoms with Gasteiger partial charge >= 0.3 is 5.97 Å². The zero-order valence-electron chi connectivity index (χ0n) is 14.2. The second-order valence-corrected chi connectivity index (χ2v) is 6.96. The lowest BCUT2D eigenvalue weighted by Gasteiger charge is -2.36. The van der Waals surface area contributed by atoms with E-state index in [1.165, 1.54) is 12.5 Å². The monoisotopic (exact) mass is 290 g/mol. The lowest BCUT2D eigenvalue weighted by molar-refractivity contribution is -0.161. The summed E-state index contributed by atoms with van der Waals surface area (Å²) in [6.45, 7) is 10.3. The molecule has 0 fully saturated rings. The van der Waals surface area contributed by atoms with Crippen LogP contribution in [0.25, 0.3) is 0 Å². The van der Waals surface area contributed by atoms with Gasteiger partial charge in [0.15, 0.2) is 0 Å². The molecule has 0 aromatic heterocycles. The number of aryl methyl sites for hydroxylation is 1. The lowest BCUT2D eigenvalue weighted by Crippen LogP contribution is -2.38. The molecule has 0 aliphatic rings. The Morgan fingerprint density at radius 3 is 2.00 bits per heavy atom. The van der Waals surface area contributed by atoms with E-state index in [0.717, 1.165) is 25.7 Å². The van der Waals surface area contributed by atoms with Gasteiger partial charge in [0.2, 0.25) is 0 Å². The third-order valence-corrected chi connectivity index (χ3v) is 3.63. The van der Waals surface area contributed by atoms with Crippen LogP contribution in [0.1, 0.15) is 59.4 Å². The van der Waals surface area contributed by atoms with Crippen LogP contribution in [0.2, 0.25) is 0 Å². The number of hydrogen-bond donors (Lipinski definition) is 0. The predicted octanol–water partition coefficient (Wildman–Crippen LogP) is 5.01. The van der Waals surface area contributed by atoms with Gasteiger partial charge in [0.1, 0.15) is 5.60 Å². The van der Waals surface area contributed by atoms with E-state index in [-0.39, 0.29) is 11.6 Å². The Morgan fingerprint density at radius 1 is 1.05 bits per heavy atom. The number of rotatable bonds is 8. The fraction of sp³-hybridized carbons (Fsp3) is 0.632. The third kappa shape index (κ3) is 6.79. The van der Waals surface area contributed by atoms with Gasteiger partial charge in [-0.2, -0.15) is 0 Å². The van der Waals surface area contributed by atoms with Crippen molar-refractivity contribution in [2.45, 2.75) is 65.9 Å². The maximum Gasteiger partial charge on any atom is 0.303 e. The first-order valence-corrected chi connectivity index (χ1v) is 8.06. The molecule has 0 unspecified atom stereocenters. The quantitative estimate of drug-likeness (QED) is 0.629. The van der Waals surface area contributed by atoms with Crippen molar-refractivity contribution < 1.29 is 9.53 Å². The fourth-order valence-corrected chi connectivity index (χ4v) is 3.23. The van der Waals surface area contributed by atoms with E-state index in [0.29, 0.717) is 11.8 Å². The first-order chi connectivity index (χ1) is 9.83. The van der Waals surface area contributed by atoms with Gasteiger partial charge in [-0.3, -0.25) is 4.79 Å². The van der Waals surface area contributed by atoms with Gasteiger partial charge in [-0.25, -0.2) is 0 Å². The van der Waals surface area contributed by atoms with Gasteiger partial charge in [0.05, 0.1) is 0 Å². The molecule has 0 radical (unpaired) electrons. The number of carbonyl (C=O) groups excluding carboxylic acids is 1. The van der Waals surface area contributed by atoms with Gasteiger partial charge in [0, 0.05) is 6.92 Å². The third-order valence-electron chi connectivity index (χ3n) is 3.63. The highest BCUT2D eigenvalue weighted by Crippen LogP contribution is 2.33. The van der Waals surface area contributed by atoms with Gasteiger partial charge < -0.3 is 4.74 Å². The predicted molar refractivity (Wildman–Crippen MR) is 88.2 cm³/mol. The Labute approximate surface area is 129 Å². The van der Waals surface area contributed by atoms with Crippen molar-refractivity contribution in [2.24, 2.45) is 11.8 Å². The second kappa shape index (κ2) is 8.21. The number of ether oxygens (including phenoxy) is 1. The van der Waals surface area contributed by atoms with Crippen molar-refractivity contribution in [3.8, 4) is 0 Å².